The molecule has 6 bridgehead atoms. The molecular formula is C32H42. The highest BCUT2D eigenvalue weighted by molar-refractivity contribution is 5.25. The quantitative estimate of drug-likeness (QED) is 0.408. The van der Waals surface area contributed by atoms with Crippen LogP contribution >= 0.6 is 0 Å². The Morgan fingerprint density at radius 2 is 1.19 bits per heavy atom. The molecule has 0 saturated heterocycles. The van der Waals surface area contributed by atoms with Crippen molar-refractivity contribution >= 4 is 0 Å². The Balaban J connectivity index is 1.09. The maximum absolute atomic E-state index is 2.75. The van der Waals surface area contributed by atoms with Gasteiger partial charge in [0.2, 0.25) is 0 Å². The maximum atomic E-state index is 2.75. The van der Waals surface area contributed by atoms with Crippen molar-refractivity contribution < 1.29 is 0 Å². The molecular weight excluding hydrogens is 384 g/mol. The van der Waals surface area contributed by atoms with Crippen molar-refractivity contribution in [3.63, 3.8) is 0 Å². The van der Waals surface area contributed by atoms with Crippen molar-refractivity contribution in [1.29, 1.82) is 0 Å². The lowest BCUT2D eigenvalue weighted by Crippen LogP contribution is -2.40. The summed E-state index contributed by atoms with van der Waals surface area (Å²) in [6.07, 6.45) is 25.0. The van der Waals surface area contributed by atoms with Gasteiger partial charge < -0.3 is 0 Å². The largest absolute Gasteiger partial charge is 0.0879 e. The second-order valence-electron chi connectivity index (χ2n) is 14.5. The highest BCUT2D eigenvalue weighted by atomic mass is 14.7. The van der Waals surface area contributed by atoms with Crippen LogP contribution in [0.25, 0.3) is 0 Å². The van der Waals surface area contributed by atoms with E-state index in [1.807, 2.05) is 0 Å². The highest BCUT2D eigenvalue weighted by Crippen LogP contribution is 2.74. The van der Waals surface area contributed by atoms with Crippen molar-refractivity contribution in [2.45, 2.75) is 52.4 Å². The molecule has 9 aliphatic carbocycles. The minimum Gasteiger partial charge on any atom is -0.0879 e. The first kappa shape index (κ1) is 18.5. The molecule has 0 N–H and O–H groups in total. The van der Waals surface area contributed by atoms with E-state index in [1.54, 1.807) is 19.3 Å². The summed E-state index contributed by atoms with van der Waals surface area (Å²) in [5.41, 5.74) is 0. The third-order valence-electron chi connectivity index (χ3n) is 14.2. The second kappa shape index (κ2) is 6.07. The van der Waals surface area contributed by atoms with Crippen LogP contribution in [-0.2, 0) is 0 Å². The van der Waals surface area contributed by atoms with Gasteiger partial charge in [0, 0.05) is 0 Å². The Hall–Kier alpha value is -0.780. The molecule has 0 radical (unpaired) electrons. The molecule has 0 amide bonds. The van der Waals surface area contributed by atoms with Gasteiger partial charge in [0.1, 0.15) is 0 Å². The molecule has 9 aliphatic rings. The highest BCUT2D eigenvalue weighted by Gasteiger charge is 2.69. The monoisotopic (exact) mass is 426 g/mol. The van der Waals surface area contributed by atoms with Crippen LogP contribution in [0, 0.1) is 107 Å². The number of allylic oxidation sites excluding steroid dienone is 6. The van der Waals surface area contributed by atoms with E-state index in [9.17, 15) is 0 Å². The Labute approximate surface area is 195 Å². The van der Waals surface area contributed by atoms with Crippen molar-refractivity contribution in [2.75, 3.05) is 0 Å². The van der Waals surface area contributed by atoms with Crippen molar-refractivity contribution in [1.82, 2.24) is 0 Å². The third kappa shape index (κ3) is 1.99. The van der Waals surface area contributed by atoms with Gasteiger partial charge in [0.05, 0.1) is 0 Å². The summed E-state index contributed by atoms with van der Waals surface area (Å²) in [7, 11) is 0. The lowest BCUT2D eigenvalue weighted by molar-refractivity contribution is 0.0363. The standard InChI is InChI=1S/C32H42/c1-15-11-24-17-9-10-18(12-17)30(24)28(15)32-26-14-27(31(32)22-8-4-7-21(22)26)29-16(2)23-13-25(29)20-6-3-5-19(20)23/h3-5,8-10,15-32H,6-7,11-14H2,1-2H3. The molecule has 0 nitrogen and oxygen atoms in total. The predicted octanol–water partition coefficient (Wildman–Crippen LogP) is 7.25. The fraction of sp³-hybridized carbons (Fsp3) is 0.812. The van der Waals surface area contributed by atoms with Crippen LogP contribution in [-0.4, -0.2) is 0 Å². The van der Waals surface area contributed by atoms with Gasteiger partial charge in [-0.15, -0.1) is 0 Å². The summed E-state index contributed by atoms with van der Waals surface area (Å²) in [5.74, 6) is 18.6. The van der Waals surface area contributed by atoms with Crippen LogP contribution in [0.1, 0.15) is 52.4 Å². The number of rotatable bonds is 2. The molecule has 0 heteroatoms. The summed E-state index contributed by atoms with van der Waals surface area (Å²) in [6.45, 7) is 5.39. The second-order valence-corrected chi connectivity index (χ2v) is 14.5. The Bertz CT molecular complexity index is 922. The molecule has 32 heavy (non-hydrogen) atoms. The van der Waals surface area contributed by atoms with Crippen LogP contribution < -0.4 is 0 Å². The zero-order valence-electron chi connectivity index (χ0n) is 20.1. The zero-order chi connectivity index (χ0) is 20.9. The summed E-state index contributed by atoms with van der Waals surface area (Å²) < 4.78 is 0. The van der Waals surface area contributed by atoms with E-state index in [-0.39, 0.29) is 0 Å². The molecule has 9 rings (SSSR count). The van der Waals surface area contributed by atoms with Gasteiger partial charge in [-0.3, -0.25) is 0 Å². The van der Waals surface area contributed by atoms with Crippen LogP contribution in [0.15, 0.2) is 36.5 Å². The third-order valence-corrected chi connectivity index (χ3v) is 14.2. The molecule has 0 aromatic rings. The Morgan fingerprint density at radius 3 is 2.06 bits per heavy atom. The minimum absolute atomic E-state index is 0.959. The van der Waals surface area contributed by atoms with Crippen LogP contribution in [0.2, 0.25) is 0 Å². The van der Waals surface area contributed by atoms with Gasteiger partial charge in [-0.25, -0.2) is 0 Å². The molecule has 0 heterocycles. The first-order chi connectivity index (χ1) is 15.7. The molecule has 0 aromatic carbocycles. The van der Waals surface area contributed by atoms with E-state index >= 15 is 0 Å². The van der Waals surface area contributed by atoms with E-state index in [1.165, 1.54) is 19.3 Å². The normalized spacial score (nSPS) is 68.4. The summed E-state index contributed by atoms with van der Waals surface area (Å²) in [6, 6.07) is 0. The van der Waals surface area contributed by atoms with Crippen LogP contribution in [0.5, 0.6) is 0 Å². The van der Waals surface area contributed by atoms with Crippen molar-refractivity contribution in [3.8, 4) is 0 Å². The zero-order valence-corrected chi connectivity index (χ0v) is 20.1. The summed E-state index contributed by atoms with van der Waals surface area (Å²) in [5, 5.41) is 0. The predicted molar refractivity (Wildman–Crippen MR) is 129 cm³/mol. The molecule has 0 aliphatic heterocycles. The molecule has 0 spiro atoms. The lowest BCUT2D eigenvalue weighted by Gasteiger charge is -2.45. The summed E-state index contributed by atoms with van der Waals surface area (Å²) in [4.78, 5) is 0. The Morgan fingerprint density at radius 1 is 0.469 bits per heavy atom. The van der Waals surface area contributed by atoms with Gasteiger partial charge in [0.25, 0.3) is 0 Å². The first-order valence-corrected chi connectivity index (χ1v) is 14.7. The van der Waals surface area contributed by atoms with Gasteiger partial charge in [-0.1, -0.05) is 50.3 Å². The number of hydrogen-bond acceptors (Lipinski definition) is 0. The van der Waals surface area contributed by atoms with E-state index < -0.39 is 0 Å². The van der Waals surface area contributed by atoms with E-state index in [4.69, 9.17) is 0 Å². The van der Waals surface area contributed by atoms with E-state index in [0.29, 0.717) is 0 Å². The van der Waals surface area contributed by atoms with Gasteiger partial charge in [-0.05, 0) is 145 Å². The van der Waals surface area contributed by atoms with Gasteiger partial charge in [0.15, 0.2) is 0 Å². The lowest BCUT2D eigenvalue weighted by atomic mass is 9.60. The fourth-order valence-electron chi connectivity index (χ4n) is 13.8. The minimum atomic E-state index is 0.959. The fourth-order valence-corrected chi connectivity index (χ4v) is 13.8. The average Bonchev–Trinajstić information content (AvgIpc) is 3.60. The van der Waals surface area contributed by atoms with Crippen molar-refractivity contribution in [2.24, 2.45) is 107 Å². The van der Waals surface area contributed by atoms with Crippen molar-refractivity contribution in [3.05, 3.63) is 36.5 Å². The molecule has 6 fully saturated rings. The summed E-state index contributed by atoms with van der Waals surface area (Å²) >= 11 is 0. The van der Waals surface area contributed by atoms with Gasteiger partial charge in [-0.2, -0.15) is 0 Å². The molecule has 6 saturated carbocycles. The smallest absolute Gasteiger partial charge is 0.0165 e. The topological polar surface area (TPSA) is 0 Å². The average molecular weight is 427 g/mol. The molecule has 18 atom stereocenters. The van der Waals surface area contributed by atoms with E-state index in [2.05, 4.69) is 50.3 Å². The molecule has 18 unspecified atom stereocenters. The molecule has 0 aromatic heterocycles. The first-order valence-electron chi connectivity index (χ1n) is 14.7. The number of hydrogen-bond donors (Lipinski definition) is 0. The van der Waals surface area contributed by atoms with E-state index in [0.717, 1.165) is 107 Å². The number of fused-ring (bicyclic) bond motifs is 15. The van der Waals surface area contributed by atoms with Crippen LogP contribution in [0.4, 0.5) is 0 Å². The SMILES string of the molecule is CC1CC2C3C=CC(C3)C2C1C1C2CC(C3C(C)C4CC3C3CC=CC43)C1C1C=CCC12. The maximum Gasteiger partial charge on any atom is -0.0165 e. The van der Waals surface area contributed by atoms with Gasteiger partial charge >= 0.3 is 0 Å². The Kier molecular flexibility index (Phi) is 3.51. The molecule has 170 valence electrons. The van der Waals surface area contributed by atoms with Crippen LogP contribution in [0.3, 0.4) is 0 Å².